The van der Waals surface area contributed by atoms with Gasteiger partial charge in [0.1, 0.15) is 5.75 Å². The first-order valence-electron chi connectivity index (χ1n) is 8.63. The Morgan fingerprint density at radius 3 is 2.62 bits per heavy atom. The molecule has 1 amide bonds. The lowest BCUT2D eigenvalue weighted by molar-refractivity contribution is -0.124. The van der Waals surface area contributed by atoms with Crippen molar-refractivity contribution in [2.24, 2.45) is 0 Å². The smallest absolute Gasteiger partial charge is 0.338 e. The van der Waals surface area contributed by atoms with Crippen LogP contribution in [-0.4, -0.2) is 40.6 Å². The second-order valence-corrected chi connectivity index (χ2v) is 7.60. The Hall–Kier alpha value is -3.17. The van der Waals surface area contributed by atoms with Crippen LogP contribution in [0.2, 0.25) is 0 Å². The molecule has 154 valence electrons. The standard InChI is InChI=1S/C20H22N2O6S/c1-3-11-22-29(25,26)17-9-6-8-15(12-17)20(24)28-14-19(23)21-13-16-7-4-5-10-18(16)27-2/h3-10,12,22H,1,11,13-14H2,2H3,(H,21,23). The van der Waals surface area contributed by atoms with Crippen molar-refractivity contribution in [2.75, 3.05) is 20.3 Å². The Kier molecular flexibility index (Phi) is 7.93. The van der Waals surface area contributed by atoms with Gasteiger partial charge < -0.3 is 14.8 Å². The average molecular weight is 418 g/mol. The number of methoxy groups -OCH3 is 1. The van der Waals surface area contributed by atoms with E-state index in [1.807, 2.05) is 12.1 Å². The fraction of sp³-hybridized carbons (Fsp3) is 0.200. The zero-order valence-corrected chi connectivity index (χ0v) is 16.7. The van der Waals surface area contributed by atoms with Gasteiger partial charge in [-0.2, -0.15) is 0 Å². The molecule has 0 aliphatic heterocycles. The Morgan fingerprint density at radius 1 is 1.14 bits per heavy atom. The summed E-state index contributed by atoms with van der Waals surface area (Å²) >= 11 is 0. The molecule has 0 aromatic heterocycles. The zero-order valence-electron chi connectivity index (χ0n) is 15.9. The predicted molar refractivity (Wildman–Crippen MR) is 107 cm³/mol. The monoisotopic (exact) mass is 418 g/mol. The van der Waals surface area contributed by atoms with Gasteiger partial charge in [0.2, 0.25) is 10.0 Å². The number of nitrogens with one attached hydrogen (secondary N) is 2. The summed E-state index contributed by atoms with van der Waals surface area (Å²) in [6.45, 7) is 3.21. The molecule has 0 fully saturated rings. The third kappa shape index (κ3) is 6.44. The highest BCUT2D eigenvalue weighted by Crippen LogP contribution is 2.16. The van der Waals surface area contributed by atoms with Crippen LogP contribution in [0.5, 0.6) is 5.75 Å². The second kappa shape index (κ2) is 10.4. The Balaban J connectivity index is 1.92. The number of rotatable bonds is 10. The maximum Gasteiger partial charge on any atom is 0.338 e. The van der Waals surface area contributed by atoms with Crippen molar-refractivity contribution < 1.29 is 27.5 Å². The molecular formula is C20H22N2O6S. The number of benzene rings is 2. The third-order valence-electron chi connectivity index (χ3n) is 3.80. The van der Waals surface area contributed by atoms with E-state index in [4.69, 9.17) is 9.47 Å². The summed E-state index contributed by atoms with van der Waals surface area (Å²) in [7, 11) is -2.24. The number of sulfonamides is 1. The first-order valence-corrected chi connectivity index (χ1v) is 10.1. The fourth-order valence-electron chi connectivity index (χ4n) is 2.35. The lowest BCUT2D eigenvalue weighted by Gasteiger charge is -2.10. The number of carbonyl (C=O) groups is 2. The summed E-state index contributed by atoms with van der Waals surface area (Å²) in [5.74, 6) is -0.674. The van der Waals surface area contributed by atoms with Crippen LogP contribution in [0.4, 0.5) is 0 Å². The normalized spacial score (nSPS) is 10.8. The minimum Gasteiger partial charge on any atom is -0.496 e. The first-order chi connectivity index (χ1) is 13.9. The molecule has 0 saturated heterocycles. The molecule has 0 radical (unpaired) electrons. The molecule has 9 heteroatoms. The van der Waals surface area contributed by atoms with E-state index in [9.17, 15) is 18.0 Å². The van der Waals surface area contributed by atoms with Crippen molar-refractivity contribution >= 4 is 21.9 Å². The van der Waals surface area contributed by atoms with Crippen molar-refractivity contribution in [3.05, 3.63) is 72.3 Å². The molecule has 29 heavy (non-hydrogen) atoms. The molecule has 0 atom stereocenters. The molecule has 0 saturated carbocycles. The molecule has 0 aliphatic rings. The van der Waals surface area contributed by atoms with Gasteiger partial charge in [0.05, 0.1) is 17.6 Å². The van der Waals surface area contributed by atoms with Crippen LogP contribution in [0.3, 0.4) is 0 Å². The molecule has 2 aromatic rings. The van der Waals surface area contributed by atoms with Gasteiger partial charge in [-0.05, 0) is 24.3 Å². The van der Waals surface area contributed by atoms with Crippen LogP contribution in [-0.2, 0) is 26.1 Å². The van der Waals surface area contributed by atoms with Crippen LogP contribution in [0.25, 0.3) is 0 Å². The van der Waals surface area contributed by atoms with E-state index in [0.717, 1.165) is 5.56 Å². The van der Waals surface area contributed by atoms with Gasteiger partial charge in [-0.3, -0.25) is 4.79 Å². The van der Waals surface area contributed by atoms with Gasteiger partial charge >= 0.3 is 5.97 Å². The SMILES string of the molecule is C=CCNS(=O)(=O)c1cccc(C(=O)OCC(=O)NCc2ccccc2OC)c1. The van der Waals surface area contributed by atoms with Crippen LogP contribution >= 0.6 is 0 Å². The minimum absolute atomic E-state index is 0.0176. The number of esters is 1. The Bertz CT molecular complexity index is 988. The maximum absolute atomic E-state index is 12.2. The molecule has 0 aliphatic carbocycles. The van der Waals surface area contributed by atoms with Crippen molar-refractivity contribution in [3.63, 3.8) is 0 Å². The van der Waals surface area contributed by atoms with Crippen molar-refractivity contribution in [1.82, 2.24) is 10.0 Å². The molecule has 0 spiro atoms. The highest BCUT2D eigenvalue weighted by atomic mass is 32.2. The number of carbonyl (C=O) groups excluding carboxylic acids is 2. The number of amides is 1. The number of para-hydroxylation sites is 1. The average Bonchev–Trinajstić information content (AvgIpc) is 2.74. The maximum atomic E-state index is 12.2. The van der Waals surface area contributed by atoms with Crippen molar-refractivity contribution in [2.45, 2.75) is 11.4 Å². The van der Waals surface area contributed by atoms with Crippen LogP contribution < -0.4 is 14.8 Å². The molecule has 2 aromatic carbocycles. The Morgan fingerprint density at radius 2 is 1.90 bits per heavy atom. The number of ether oxygens (including phenoxy) is 2. The predicted octanol–water partition coefficient (Wildman–Crippen LogP) is 1.63. The quantitative estimate of drug-likeness (QED) is 0.448. The summed E-state index contributed by atoms with van der Waals surface area (Å²) < 4.78 is 36.7. The number of hydrogen-bond donors (Lipinski definition) is 2. The van der Waals surface area contributed by atoms with E-state index in [-0.39, 0.29) is 23.5 Å². The van der Waals surface area contributed by atoms with Crippen molar-refractivity contribution in [1.29, 1.82) is 0 Å². The Labute approximate surface area is 169 Å². The van der Waals surface area contributed by atoms with E-state index in [1.165, 1.54) is 37.5 Å². The van der Waals surface area contributed by atoms with Gasteiger partial charge in [0, 0.05) is 18.7 Å². The fourth-order valence-corrected chi connectivity index (χ4v) is 3.39. The van der Waals surface area contributed by atoms with Crippen LogP contribution in [0, 0.1) is 0 Å². The van der Waals surface area contributed by atoms with E-state index < -0.39 is 28.5 Å². The van der Waals surface area contributed by atoms with Gasteiger partial charge in [-0.1, -0.05) is 30.3 Å². The van der Waals surface area contributed by atoms with E-state index in [0.29, 0.717) is 5.75 Å². The van der Waals surface area contributed by atoms with Gasteiger partial charge in [0.25, 0.3) is 5.91 Å². The van der Waals surface area contributed by atoms with Gasteiger partial charge in [-0.25, -0.2) is 17.9 Å². The van der Waals surface area contributed by atoms with E-state index in [2.05, 4.69) is 16.6 Å². The molecule has 2 rings (SSSR count). The molecule has 0 heterocycles. The largest absolute Gasteiger partial charge is 0.496 e. The zero-order chi connectivity index (χ0) is 21.3. The molecule has 2 N–H and O–H groups in total. The molecule has 0 unspecified atom stereocenters. The van der Waals surface area contributed by atoms with Gasteiger partial charge in [-0.15, -0.1) is 6.58 Å². The summed E-state index contributed by atoms with van der Waals surface area (Å²) in [6, 6.07) is 12.6. The summed E-state index contributed by atoms with van der Waals surface area (Å²) in [6.07, 6.45) is 1.40. The van der Waals surface area contributed by atoms with E-state index in [1.54, 1.807) is 12.1 Å². The minimum atomic E-state index is -3.78. The van der Waals surface area contributed by atoms with Crippen LogP contribution in [0.15, 0.2) is 66.1 Å². The molecule has 8 nitrogen and oxygen atoms in total. The van der Waals surface area contributed by atoms with Crippen LogP contribution in [0.1, 0.15) is 15.9 Å². The summed E-state index contributed by atoms with van der Waals surface area (Å²) in [4.78, 5) is 24.0. The summed E-state index contributed by atoms with van der Waals surface area (Å²) in [5, 5.41) is 2.63. The highest BCUT2D eigenvalue weighted by Gasteiger charge is 2.17. The second-order valence-electron chi connectivity index (χ2n) is 5.83. The third-order valence-corrected chi connectivity index (χ3v) is 5.22. The molecule has 0 bridgehead atoms. The first kappa shape index (κ1) is 22.1. The topological polar surface area (TPSA) is 111 Å². The lowest BCUT2D eigenvalue weighted by atomic mass is 10.2. The van der Waals surface area contributed by atoms with Crippen molar-refractivity contribution in [3.8, 4) is 5.75 Å². The van der Waals surface area contributed by atoms with Gasteiger partial charge in [0.15, 0.2) is 6.61 Å². The highest BCUT2D eigenvalue weighted by molar-refractivity contribution is 7.89. The van der Waals surface area contributed by atoms with E-state index >= 15 is 0 Å². The summed E-state index contributed by atoms with van der Waals surface area (Å²) in [5.41, 5.74) is 0.795. The molecular weight excluding hydrogens is 396 g/mol. The lowest BCUT2D eigenvalue weighted by Crippen LogP contribution is -2.28. The number of hydrogen-bond acceptors (Lipinski definition) is 6.